The predicted molar refractivity (Wildman–Crippen MR) is 70.6 cm³/mol. The van der Waals surface area contributed by atoms with Crippen LogP contribution in [0.4, 0.5) is 11.8 Å². The Hall–Kier alpha value is -1.07. The Labute approximate surface area is 107 Å². The van der Waals surface area contributed by atoms with Crippen molar-refractivity contribution in [3.63, 3.8) is 0 Å². The van der Waals surface area contributed by atoms with E-state index >= 15 is 0 Å². The minimum Gasteiger partial charge on any atom is -0.393 e. The summed E-state index contributed by atoms with van der Waals surface area (Å²) in [6.45, 7) is 5.28. The highest BCUT2D eigenvalue weighted by atomic mass is 35.5. The van der Waals surface area contributed by atoms with Gasteiger partial charge in [-0.1, -0.05) is 18.5 Å². The van der Waals surface area contributed by atoms with Crippen LogP contribution < -0.4 is 10.6 Å². The van der Waals surface area contributed by atoms with Crippen molar-refractivity contribution in [1.29, 1.82) is 0 Å². The summed E-state index contributed by atoms with van der Waals surface area (Å²) >= 11 is 5.97. The van der Waals surface area contributed by atoms with Crippen LogP contribution >= 0.6 is 11.6 Å². The number of nitrogens with one attached hydrogen (secondary N) is 2. The number of halogens is 1. The first-order valence-electron chi connectivity index (χ1n) is 5.81. The molecule has 0 radical (unpaired) electrons. The molecule has 0 fully saturated rings. The van der Waals surface area contributed by atoms with Crippen molar-refractivity contribution in [2.24, 2.45) is 0 Å². The average molecular weight is 259 g/mol. The van der Waals surface area contributed by atoms with Gasteiger partial charge < -0.3 is 15.7 Å². The fraction of sp³-hybridized carbons (Fsp3) is 0.636. The Kier molecular flexibility index (Phi) is 6.00. The van der Waals surface area contributed by atoms with Crippen molar-refractivity contribution >= 4 is 23.4 Å². The molecule has 0 bridgehead atoms. The van der Waals surface area contributed by atoms with Gasteiger partial charge in [0.25, 0.3) is 0 Å². The van der Waals surface area contributed by atoms with E-state index in [9.17, 15) is 0 Å². The van der Waals surface area contributed by atoms with E-state index < -0.39 is 0 Å². The van der Waals surface area contributed by atoms with Crippen LogP contribution in [0.15, 0.2) is 6.20 Å². The first kappa shape index (κ1) is 14.0. The van der Waals surface area contributed by atoms with Gasteiger partial charge in [0, 0.05) is 13.1 Å². The summed E-state index contributed by atoms with van der Waals surface area (Å²) in [5.74, 6) is 1.16. The molecule has 0 saturated heterocycles. The van der Waals surface area contributed by atoms with Crippen LogP contribution in [0, 0.1) is 0 Å². The molecule has 96 valence electrons. The highest BCUT2D eigenvalue weighted by molar-refractivity contribution is 6.32. The lowest BCUT2D eigenvalue weighted by Gasteiger charge is -2.10. The van der Waals surface area contributed by atoms with Gasteiger partial charge in [-0.2, -0.15) is 4.98 Å². The zero-order chi connectivity index (χ0) is 12.7. The van der Waals surface area contributed by atoms with E-state index in [1.165, 1.54) is 0 Å². The molecule has 0 spiro atoms. The van der Waals surface area contributed by atoms with Crippen LogP contribution in [0.5, 0.6) is 0 Å². The van der Waals surface area contributed by atoms with Crippen LogP contribution in [-0.4, -0.2) is 34.3 Å². The molecule has 0 aliphatic heterocycles. The fourth-order valence-electron chi connectivity index (χ4n) is 1.21. The molecule has 6 heteroatoms. The van der Waals surface area contributed by atoms with Crippen LogP contribution in [0.3, 0.4) is 0 Å². The normalized spacial score (nSPS) is 12.2. The van der Waals surface area contributed by atoms with Crippen molar-refractivity contribution in [2.75, 3.05) is 23.7 Å². The summed E-state index contributed by atoms with van der Waals surface area (Å²) in [5, 5.41) is 15.8. The van der Waals surface area contributed by atoms with Crippen LogP contribution in [0.2, 0.25) is 5.02 Å². The molecule has 1 atom stereocenters. The number of aliphatic hydroxyl groups is 1. The van der Waals surface area contributed by atoms with Gasteiger partial charge in [0.05, 0.1) is 12.3 Å². The van der Waals surface area contributed by atoms with E-state index in [-0.39, 0.29) is 6.10 Å². The van der Waals surface area contributed by atoms with Crippen molar-refractivity contribution in [3.05, 3.63) is 11.2 Å². The Bertz CT molecular complexity index is 346. The summed E-state index contributed by atoms with van der Waals surface area (Å²) in [6, 6.07) is 0. The van der Waals surface area contributed by atoms with Crippen molar-refractivity contribution in [2.45, 2.75) is 32.8 Å². The fourth-order valence-corrected chi connectivity index (χ4v) is 1.37. The molecule has 1 rings (SSSR count). The topological polar surface area (TPSA) is 70.1 Å². The van der Waals surface area contributed by atoms with Crippen molar-refractivity contribution < 1.29 is 5.11 Å². The molecule has 1 aromatic rings. The van der Waals surface area contributed by atoms with E-state index in [4.69, 9.17) is 16.7 Å². The van der Waals surface area contributed by atoms with Gasteiger partial charge in [-0.3, -0.25) is 0 Å². The average Bonchev–Trinajstić information content (AvgIpc) is 2.29. The largest absolute Gasteiger partial charge is 0.393 e. The van der Waals surface area contributed by atoms with E-state index in [1.807, 2.05) is 0 Å². The third kappa shape index (κ3) is 5.19. The second-order valence-electron chi connectivity index (χ2n) is 3.88. The zero-order valence-electron chi connectivity index (χ0n) is 10.2. The smallest absolute Gasteiger partial charge is 0.224 e. The van der Waals surface area contributed by atoms with Crippen molar-refractivity contribution in [1.82, 2.24) is 9.97 Å². The molecule has 0 aliphatic rings. The number of nitrogens with zero attached hydrogens (tertiary/aromatic N) is 2. The molecule has 17 heavy (non-hydrogen) atoms. The molecule has 0 aromatic carbocycles. The van der Waals surface area contributed by atoms with Gasteiger partial charge in [0.2, 0.25) is 5.95 Å². The number of aliphatic hydroxyl groups excluding tert-OH is 1. The quantitative estimate of drug-likeness (QED) is 0.699. The number of rotatable bonds is 7. The summed E-state index contributed by atoms with van der Waals surface area (Å²) < 4.78 is 0. The molecule has 0 amide bonds. The Morgan fingerprint density at radius 1 is 1.41 bits per heavy atom. The number of anilines is 2. The molecule has 1 aromatic heterocycles. The zero-order valence-corrected chi connectivity index (χ0v) is 11.0. The van der Waals surface area contributed by atoms with Crippen LogP contribution in [0.1, 0.15) is 26.7 Å². The summed E-state index contributed by atoms with van der Waals surface area (Å²) in [6.07, 6.45) is 2.90. The highest BCUT2D eigenvalue weighted by Crippen LogP contribution is 2.19. The maximum absolute atomic E-state index is 9.15. The molecule has 1 unspecified atom stereocenters. The number of hydrogen-bond donors (Lipinski definition) is 3. The van der Waals surface area contributed by atoms with Crippen molar-refractivity contribution in [3.8, 4) is 0 Å². The lowest BCUT2D eigenvalue weighted by Crippen LogP contribution is -2.12. The number of aromatic nitrogens is 2. The van der Waals surface area contributed by atoms with Gasteiger partial charge in [-0.05, 0) is 19.8 Å². The van der Waals surface area contributed by atoms with Crippen LogP contribution in [0.25, 0.3) is 0 Å². The highest BCUT2D eigenvalue weighted by Gasteiger charge is 2.05. The third-order valence-electron chi connectivity index (χ3n) is 2.13. The van der Waals surface area contributed by atoms with Gasteiger partial charge in [0.1, 0.15) is 10.8 Å². The monoisotopic (exact) mass is 258 g/mol. The molecular weight excluding hydrogens is 240 g/mol. The molecular formula is C11H19ClN4O. The molecule has 1 heterocycles. The minimum absolute atomic E-state index is 0.333. The maximum atomic E-state index is 9.15. The second-order valence-corrected chi connectivity index (χ2v) is 4.29. The van der Waals surface area contributed by atoms with E-state index in [0.717, 1.165) is 13.0 Å². The SMILES string of the molecule is CCCNc1ncc(Cl)c(NCCC(C)O)n1. The maximum Gasteiger partial charge on any atom is 0.224 e. The standard InChI is InChI=1S/C11H19ClN4O/c1-3-5-14-11-15-7-9(12)10(16-11)13-6-4-8(2)17/h7-8,17H,3-6H2,1-2H3,(H2,13,14,15,16). The molecule has 3 N–H and O–H groups in total. The predicted octanol–water partition coefficient (Wildman–Crippen LogP) is 2.13. The van der Waals surface area contributed by atoms with Gasteiger partial charge in [0.15, 0.2) is 0 Å². The lowest BCUT2D eigenvalue weighted by molar-refractivity contribution is 0.188. The van der Waals surface area contributed by atoms with E-state index in [2.05, 4.69) is 27.5 Å². The first-order chi connectivity index (χ1) is 8.13. The first-order valence-corrected chi connectivity index (χ1v) is 6.19. The summed E-state index contributed by atoms with van der Waals surface area (Å²) in [5.41, 5.74) is 0. The summed E-state index contributed by atoms with van der Waals surface area (Å²) in [7, 11) is 0. The van der Waals surface area contributed by atoms with Gasteiger partial charge >= 0.3 is 0 Å². The van der Waals surface area contributed by atoms with E-state index in [0.29, 0.717) is 29.8 Å². The van der Waals surface area contributed by atoms with Crippen LogP contribution in [-0.2, 0) is 0 Å². The third-order valence-corrected chi connectivity index (χ3v) is 2.41. The summed E-state index contributed by atoms with van der Waals surface area (Å²) in [4.78, 5) is 8.34. The minimum atomic E-state index is -0.333. The number of hydrogen-bond acceptors (Lipinski definition) is 5. The van der Waals surface area contributed by atoms with Gasteiger partial charge in [-0.15, -0.1) is 0 Å². The molecule has 5 nitrogen and oxygen atoms in total. The van der Waals surface area contributed by atoms with Gasteiger partial charge in [-0.25, -0.2) is 4.98 Å². The molecule has 0 aliphatic carbocycles. The molecule has 0 saturated carbocycles. The Morgan fingerprint density at radius 2 is 2.18 bits per heavy atom. The second kappa shape index (κ2) is 7.29. The Balaban J connectivity index is 2.56. The lowest BCUT2D eigenvalue weighted by atomic mass is 10.3. The van der Waals surface area contributed by atoms with E-state index in [1.54, 1.807) is 13.1 Å². The Morgan fingerprint density at radius 3 is 2.82 bits per heavy atom.